The van der Waals surface area contributed by atoms with Crippen LogP contribution < -0.4 is 5.32 Å². The molecule has 0 unspecified atom stereocenters. The van der Waals surface area contributed by atoms with Gasteiger partial charge in [-0.3, -0.25) is 14.9 Å². The minimum Gasteiger partial charge on any atom is -0.480 e. The lowest BCUT2D eigenvalue weighted by molar-refractivity contribution is -0.379. The fourth-order valence-corrected chi connectivity index (χ4v) is 1.43. The standard InChI is InChI=1S/C6H6N2O4S/c9-5(10)3-7-4-1-2-13-6(4)8(11)12/h1-2,7H,3H2,(H,9,10). The van der Waals surface area contributed by atoms with Gasteiger partial charge in [-0.25, -0.2) is 0 Å². The maximum Gasteiger partial charge on any atom is 0.347 e. The van der Waals surface area contributed by atoms with E-state index in [4.69, 9.17) is 5.11 Å². The van der Waals surface area contributed by atoms with Crippen LogP contribution in [0, 0.1) is 10.1 Å². The van der Waals surface area contributed by atoms with E-state index in [1.54, 1.807) is 0 Å². The Morgan fingerprint density at radius 3 is 3.00 bits per heavy atom. The summed E-state index contributed by atoms with van der Waals surface area (Å²) in [4.78, 5) is 20.0. The maximum atomic E-state index is 10.4. The summed E-state index contributed by atoms with van der Waals surface area (Å²) in [6.45, 7) is -0.322. The van der Waals surface area contributed by atoms with E-state index >= 15 is 0 Å². The number of carbonyl (C=O) groups is 1. The van der Waals surface area contributed by atoms with Gasteiger partial charge in [0.15, 0.2) is 0 Å². The van der Waals surface area contributed by atoms with E-state index in [2.05, 4.69) is 5.32 Å². The lowest BCUT2D eigenvalue weighted by atomic mass is 10.5. The number of carboxylic acid groups (broad SMARTS) is 1. The first-order chi connectivity index (χ1) is 6.11. The van der Waals surface area contributed by atoms with Gasteiger partial charge in [-0.1, -0.05) is 11.3 Å². The molecule has 0 atom stereocenters. The number of carboxylic acids is 1. The molecule has 0 saturated carbocycles. The number of anilines is 1. The number of hydrogen-bond acceptors (Lipinski definition) is 5. The van der Waals surface area contributed by atoms with Crippen molar-refractivity contribution in [3.05, 3.63) is 21.6 Å². The summed E-state index contributed by atoms with van der Waals surface area (Å²) < 4.78 is 0. The van der Waals surface area contributed by atoms with Crippen LogP contribution in [0.4, 0.5) is 10.7 Å². The highest BCUT2D eigenvalue weighted by Gasteiger charge is 2.15. The molecule has 0 aromatic carbocycles. The molecule has 70 valence electrons. The van der Waals surface area contributed by atoms with Crippen LogP contribution in [0.3, 0.4) is 0 Å². The van der Waals surface area contributed by atoms with Crippen molar-refractivity contribution < 1.29 is 14.8 Å². The van der Waals surface area contributed by atoms with Gasteiger partial charge in [0.2, 0.25) is 0 Å². The first-order valence-electron chi connectivity index (χ1n) is 3.29. The van der Waals surface area contributed by atoms with E-state index in [-0.39, 0.29) is 17.2 Å². The first kappa shape index (κ1) is 9.46. The summed E-state index contributed by atoms with van der Waals surface area (Å²) >= 11 is 0.955. The molecule has 0 spiro atoms. The number of nitrogens with zero attached hydrogens (tertiary/aromatic N) is 1. The van der Waals surface area contributed by atoms with E-state index in [1.807, 2.05) is 0 Å². The topological polar surface area (TPSA) is 92.5 Å². The highest BCUT2D eigenvalue weighted by Crippen LogP contribution is 2.30. The van der Waals surface area contributed by atoms with Gasteiger partial charge in [-0.15, -0.1) is 0 Å². The predicted molar refractivity (Wildman–Crippen MR) is 47.1 cm³/mol. The monoisotopic (exact) mass is 202 g/mol. The van der Waals surface area contributed by atoms with E-state index in [0.29, 0.717) is 0 Å². The summed E-state index contributed by atoms with van der Waals surface area (Å²) in [5.41, 5.74) is 0.248. The Kier molecular flexibility index (Phi) is 2.80. The van der Waals surface area contributed by atoms with Crippen LogP contribution >= 0.6 is 11.3 Å². The van der Waals surface area contributed by atoms with Gasteiger partial charge in [0.25, 0.3) is 0 Å². The lowest BCUT2D eigenvalue weighted by Crippen LogP contribution is -2.12. The highest BCUT2D eigenvalue weighted by atomic mass is 32.1. The molecule has 2 N–H and O–H groups in total. The molecule has 6 nitrogen and oxygen atoms in total. The maximum absolute atomic E-state index is 10.4. The largest absolute Gasteiger partial charge is 0.480 e. The molecule has 0 amide bonds. The summed E-state index contributed by atoms with van der Waals surface area (Å²) in [6.07, 6.45) is 0. The molecule has 13 heavy (non-hydrogen) atoms. The summed E-state index contributed by atoms with van der Waals surface area (Å²) in [7, 11) is 0. The third-order valence-electron chi connectivity index (χ3n) is 1.24. The van der Waals surface area contributed by atoms with Crippen molar-refractivity contribution in [2.24, 2.45) is 0 Å². The molecule has 7 heteroatoms. The zero-order chi connectivity index (χ0) is 9.84. The Hall–Kier alpha value is -1.63. The number of thiophene rings is 1. The molecule has 0 radical (unpaired) electrons. The average Bonchev–Trinajstić information content (AvgIpc) is 2.47. The Bertz CT molecular complexity index is 335. The smallest absolute Gasteiger partial charge is 0.347 e. The fourth-order valence-electron chi connectivity index (χ4n) is 0.748. The molecular formula is C6H6N2O4S. The first-order valence-corrected chi connectivity index (χ1v) is 4.17. The molecule has 1 aromatic rings. The quantitative estimate of drug-likeness (QED) is 0.564. The predicted octanol–water partition coefficient (Wildman–Crippen LogP) is 1.15. The summed E-state index contributed by atoms with van der Waals surface area (Å²) in [5.74, 6) is -1.06. The Balaban J connectivity index is 2.71. The van der Waals surface area contributed by atoms with Crippen molar-refractivity contribution >= 4 is 28.0 Å². The highest BCUT2D eigenvalue weighted by molar-refractivity contribution is 7.14. The fraction of sp³-hybridized carbons (Fsp3) is 0.167. The molecule has 0 aliphatic heterocycles. The van der Waals surface area contributed by atoms with Crippen molar-refractivity contribution in [2.75, 3.05) is 11.9 Å². The minimum absolute atomic E-state index is 0.0683. The summed E-state index contributed by atoms with van der Waals surface area (Å²) in [6, 6.07) is 1.48. The van der Waals surface area contributed by atoms with Gasteiger partial charge in [0.1, 0.15) is 12.2 Å². The van der Waals surface area contributed by atoms with Crippen molar-refractivity contribution in [2.45, 2.75) is 0 Å². The molecule has 0 aliphatic rings. The molecule has 0 bridgehead atoms. The minimum atomic E-state index is -1.06. The third-order valence-corrected chi connectivity index (χ3v) is 2.11. The Morgan fingerprint density at radius 1 is 1.77 bits per heavy atom. The second-order valence-corrected chi connectivity index (χ2v) is 3.04. The second-order valence-electron chi connectivity index (χ2n) is 2.14. The molecule has 0 saturated heterocycles. The van der Waals surface area contributed by atoms with E-state index in [9.17, 15) is 14.9 Å². The molecule has 0 aliphatic carbocycles. The van der Waals surface area contributed by atoms with Crippen molar-refractivity contribution in [3.8, 4) is 0 Å². The van der Waals surface area contributed by atoms with Crippen molar-refractivity contribution in [3.63, 3.8) is 0 Å². The zero-order valence-corrected chi connectivity index (χ0v) is 7.21. The summed E-state index contributed by atoms with van der Waals surface area (Å²) in [5, 5.41) is 22.6. The van der Waals surface area contributed by atoms with Gasteiger partial charge < -0.3 is 10.4 Å². The van der Waals surface area contributed by atoms with Crippen LogP contribution in [0.1, 0.15) is 0 Å². The lowest BCUT2D eigenvalue weighted by Gasteiger charge is -1.97. The number of nitrogens with one attached hydrogen (secondary N) is 1. The van der Waals surface area contributed by atoms with Crippen molar-refractivity contribution in [1.29, 1.82) is 0 Å². The molecule has 0 fully saturated rings. The van der Waals surface area contributed by atoms with Crippen LogP contribution in [-0.4, -0.2) is 22.5 Å². The Morgan fingerprint density at radius 2 is 2.46 bits per heavy atom. The third kappa shape index (κ3) is 2.41. The number of hydrogen-bond donors (Lipinski definition) is 2. The van der Waals surface area contributed by atoms with Gasteiger partial charge in [-0.05, 0) is 11.4 Å². The zero-order valence-electron chi connectivity index (χ0n) is 6.39. The number of aliphatic carboxylic acids is 1. The normalized spacial score (nSPS) is 9.54. The second kappa shape index (κ2) is 3.85. The molecule has 1 aromatic heterocycles. The van der Waals surface area contributed by atoms with E-state index < -0.39 is 10.9 Å². The van der Waals surface area contributed by atoms with Crippen LogP contribution in [-0.2, 0) is 4.79 Å². The van der Waals surface area contributed by atoms with Gasteiger partial charge >= 0.3 is 11.0 Å². The van der Waals surface area contributed by atoms with Crippen molar-refractivity contribution in [1.82, 2.24) is 0 Å². The molecule has 1 heterocycles. The average molecular weight is 202 g/mol. The SMILES string of the molecule is O=C(O)CNc1ccsc1[N+](=O)[O-]. The van der Waals surface area contributed by atoms with Gasteiger partial charge in [0.05, 0.1) is 4.92 Å². The van der Waals surface area contributed by atoms with Crippen LogP contribution in [0.5, 0.6) is 0 Å². The van der Waals surface area contributed by atoms with Crippen LogP contribution in [0.2, 0.25) is 0 Å². The van der Waals surface area contributed by atoms with Gasteiger partial charge in [0, 0.05) is 0 Å². The number of nitro groups is 1. The van der Waals surface area contributed by atoms with E-state index in [1.165, 1.54) is 11.4 Å². The van der Waals surface area contributed by atoms with Crippen LogP contribution in [0.15, 0.2) is 11.4 Å². The van der Waals surface area contributed by atoms with Crippen LogP contribution in [0.25, 0.3) is 0 Å². The van der Waals surface area contributed by atoms with Gasteiger partial charge in [-0.2, -0.15) is 0 Å². The number of rotatable bonds is 4. The molecular weight excluding hydrogens is 196 g/mol. The van der Waals surface area contributed by atoms with E-state index in [0.717, 1.165) is 11.3 Å². The molecule has 1 rings (SSSR count). The Labute approximate surface area is 77.0 Å².